The Kier molecular flexibility index (Phi) is 6.72. The molecule has 3 rings (SSSR count). The van der Waals surface area contributed by atoms with E-state index in [1.54, 1.807) is 11.8 Å². The topological polar surface area (TPSA) is 78.3 Å². The summed E-state index contributed by atoms with van der Waals surface area (Å²) in [4.78, 5) is 12.3. The van der Waals surface area contributed by atoms with Crippen molar-refractivity contribution in [2.24, 2.45) is 0 Å². The molecule has 0 radical (unpaired) electrons. The summed E-state index contributed by atoms with van der Waals surface area (Å²) in [6.45, 7) is 6.00. The smallest absolute Gasteiger partial charge is 0.407 e. The highest BCUT2D eigenvalue weighted by Crippen LogP contribution is 2.20. The number of methoxy groups -OCH3 is 1. The Morgan fingerprint density at radius 1 is 1.10 bits per heavy atom. The third kappa shape index (κ3) is 6.34. The van der Waals surface area contributed by atoms with Crippen molar-refractivity contribution in [3.05, 3.63) is 66.4 Å². The molecule has 7 heteroatoms. The van der Waals surface area contributed by atoms with Crippen LogP contribution in [-0.2, 0) is 17.7 Å². The van der Waals surface area contributed by atoms with E-state index in [0.717, 1.165) is 22.6 Å². The second-order valence-electron chi connectivity index (χ2n) is 8.09. The zero-order valence-electron chi connectivity index (χ0n) is 17.8. The molecule has 0 saturated heterocycles. The van der Waals surface area contributed by atoms with Gasteiger partial charge < -0.3 is 14.8 Å². The van der Waals surface area contributed by atoms with E-state index in [0.29, 0.717) is 13.0 Å². The highest BCUT2D eigenvalue weighted by Gasteiger charge is 2.21. The molecule has 0 aliphatic carbocycles. The molecule has 0 aliphatic rings. The number of aromatic nitrogens is 3. The normalized spacial score (nSPS) is 12.3. The average Bonchev–Trinajstić information content (AvgIpc) is 3.15. The highest BCUT2D eigenvalue weighted by atomic mass is 16.6. The molecule has 158 valence electrons. The third-order valence-corrected chi connectivity index (χ3v) is 4.38. The maximum absolute atomic E-state index is 12.3. The van der Waals surface area contributed by atoms with Crippen LogP contribution in [0, 0.1) is 0 Å². The van der Waals surface area contributed by atoms with Crippen LogP contribution in [-0.4, -0.2) is 39.8 Å². The largest absolute Gasteiger partial charge is 0.497 e. The van der Waals surface area contributed by atoms with Crippen molar-refractivity contribution in [2.45, 2.75) is 45.4 Å². The number of nitrogens with zero attached hydrogens (tertiary/aromatic N) is 3. The van der Waals surface area contributed by atoms with Crippen LogP contribution in [0.1, 0.15) is 26.3 Å². The van der Waals surface area contributed by atoms with Gasteiger partial charge in [-0.05, 0) is 57.0 Å². The van der Waals surface area contributed by atoms with Crippen LogP contribution >= 0.6 is 0 Å². The third-order valence-electron chi connectivity index (χ3n) is 4.38. The fourth-order valence-electron chi connectivity index (χ4n) is 3.04. The van der Waals surface area contributed by atoms with Gasteiger partial charge in [0.1, 0.15) is 17.0 Å². The van der Waals surface area contributed by atoms with E-state index in [9.17, 15) is 4.79 Å². The molecule has 1 aromatic heterocycles. The van der Waals surface area contributed by atoms with E-state index >= 15 is 0 Å². The predicted molar refractivity (Wildman–Crippen MR) is 115 cm³/mol. The Labute approximate surface area is 177 Å². The lowest BCUT2D eigenvalue weighted by molar-refractivity contribution is 0.0498. The Hall–Kier alpha value is -3.35. The van der Waals surface area contributed by atoms with Crippen LogP contribution in [0.5, 0.6) is 5.75 Å². The van der Waals surface area contributed by atoms with E-state index in [1.807, 2.05) is 81.6 Å². The summed E-state index contributed by atoms with van der Waals surface area (Å²) in [6, 6.07) is 17.5. The summed E-state index contributed by atoms with van der Waals surface area (Å²) in [7, 11) is 1.63. The molecule has 0 unspecified atom stereocenters. The monoisotopic (exact) mass is 408 g/mol. The number of ether oxygens (including phenoxy) is 2. The minimum atomic E-state index is -0.559. The SMILES string of the molecule is COc1ccc(-c2cn(C[C@@H](Cc3ccccc3)NC(=O)OC(C)(C)C)nn2)cc1. The summed E-state index contributed by atoms with van der Waals surface area (Å²) in [5, 5.41) is 11.5. The molecule has 1 heterocycles. The summed E-state index contributed by atoms with van der Waals surface area (Å²) in [6.07, 6.45) is 2.08. The standard InChI is InChI=1S/C23H28N4O3/c1-23(2,3)30-22(28)24-19(14-17-8-6-5-7-9-17)15-27-16-21(25-26-27)18-10-12-20(29-4)13-11-18/h5-13,16,19H,14-15H2,1-4H3,(H,24,28)/t19-/m1/s1. The first-order valence-electron chi connectivity index (χ1n) is 9.90. The Morgan fingerprint density at radius 2 is 1.80 bits per heavy atom. The summed E-state index contributed by atoms with van der Waals surface area (Å²) in [5.41, 5.74) is 2.26. The van der Waals surface area contributed by atoms with E-state index in [-0.39, 0.29) is 6.04 Å². The zero-order valence-corrected chi connectivity index (χ0v) is 17.8. The molecule has 1 atom stereocenters. The van der Waals surface area contributed by atoms with E-state index in [2.05, 4.69) is 15.6 Å². The van der Waals surface area contributed by atoms with E-state index < -0.39 is 11.7 Å². The Balaban J connectivity index is 1.73. The van der Waals surface area contributed by atoms with Crippen molar-refractivity contribution in [1.29, 1.82) is 0 Å². The summed E-state index contributed by atoms with van der Waals surface area (Å²) < 4.78 is 12.4. The van der Waals surface area contributed by atoms with Crippen LogP contribution in [0.15, 0.2) is 60.8 Å². The van der Waals surface area contributed by atoms with Gasteiger partial charge in [0.2, 0.25) is 0 Å². The van der Waals surface area contributed by atoms with Gasteiger partial charge in [-0.1, -0.05) is 35.5 Å². The molecule has 2 aromatic carbocycles. The lowest BCUT2D eigenvalue weighted by atomic mass is 10.1. The first-order valence-corrected chi connectivity index (χ1v) is 9.90. The lowest BCUT2D eigenvalue weighted by Crippen LogP contribution is -2.42. The lowest BCUT2D eigenvalue weighted by Gasteiger charge is -2.23. The Morgan fingerprint density at radius 3 is 2.43 bits per heavy atom. The fourth-order valence-corrected chi connectivity index (χ4v) is 3.04. The fraction of sp³-hybridized carbons (Fsp3) is 0.348. The molecule has 1 amide bonds. The number of rotatable bonds is 7. The minimum Gasteiger partial charge on any atom is -0.497 e. The van der Waals surface area contributed by atoms with Gasteiger partial charge in [0.15, 0.2) is 0 Å². The van der Waals surface area contributed by atoms with Gasteiger partial charge in [-0.15, -0.1) is 5.10 Å². The minimum absolute atomic E-state index is 0.201. The molecule has 0 bridgehead atoms. The van der Waals surface area contributed by atoms with Gasteiger partial charge in [-0.3, -0.25) is 0 Å². The van der Waals surface area contributed by atoms with Crippen molar-refractivity contribution in [1.82, 2.24) is 20.3 Å². The highest BCUT2D eigenvalue weighted by molar-refractivity contribution is 5.68. The molecular formula is C23H28N4O3. The molecule has 30 heavy (non-hydrogen) atoms. The molecule has 7 nitrogen and oxygen atoms in total. The molecule has 3 aromatic rings. The number of hydrogen-bond acceptors (Lipinski definition) is 5. The number of carbonyl (C=O) groups excluding carboxylic acids is 1. The number of amides is 1. The molecule has 0 saturated carbocycles. The number of hydrogen-bond donors (Lipinski definition) is 1. The number of alkyl carbamates (subject to hydrolysis) is 1. The van der Waals surface area contributed by atoms with Crippen LogP contribution in [0.4, 0.5) is 4.79 Å². The Bertz CT molecular complexity index is 947. The summed E-state index contributed by atoms with van der Waals surface area (Å²) in [5.74, 6) is 0.788. The molecule has 0 fully saturated rings. The number of carbonyl (C=O) groups is 1. The van der Waals surface area contributed by atoms with Crippen LogP contribution in [0.3, 0.4) is 0 Å². The van der Waals surface area contributed by atoms with Gasteiger partial charge in [0.25, 0.3) is 0 Å². The summed E-state index contributed by atoms with van der Waals surface area (Å²) >= 11 is 0. The first-order chi connectivity index (χ1) is 14.3. The van der Waals surface area contributed by atoms with Gasteiger partial charge >= 0.3 is 6.09 Å². The van der Waals surface area contributed by atoms with E-state index in [4.69, 9.17) is 9.47 Å². The van der Waals surface area contributed by atoms with Crippen molar-refractivity contribution in [2.75, 3.05) is 7.11 Å². The molecular weight excluding hydrogens is 380 g/mol. The van der Waals surface area contributed by atoms with Gasteiger partial charge in [-0.25, -0.2) is 9.48 Å². The quantitative estimate of drug-likeness (QED) is 0.637. The van der Waals surface area contributed by atoms with Crippen molar-refractivity contribution < 1.29 is 14.3 Å². The zero-order chi connectivity index (χ0) is 21.6. The van der Waals surface area contributed by atoms with E-state index in [1.165, 1.54) is 0 Å². The number of nitrogens with one attached hydrogen (secondary N) is 1. The predicted octanol–water partition coefficient (Wildman–Crippen LogP) is 4.09. The van der Waals surface area contributed by atoms with Crippen LogP contribution in [0.25, 0.3) is 11.3 Å². The number of benzene rings is 2. The van der Waals surface area contributed by atoms with Crippen molar-refractivity contribution >= 4 is 6.09 Å². The van der Waals surface area contributed by atoms with Crippen LogP contribution < -0.4 is 10.1 Å². The second kappa shape index (κ2) is 9.43. The molecule has 0 spiro atoms. The second-order valence-corrected chi connectivity index (χ2v) is 8.09. The van der Waals surface area contributed by atoms with Gasteiger partial charge in [-0.2, -0.15) is 0 Å². The average molecular weight is 409 g/mol. The maximum atomic E-state index is 12.3. The first kappa shape index (κ1) is 21.4. The van der Waals surface area contributed by atoms with Gasteiger partial charge in [0, 0.05) is 5.56 Å². The molecule has 1 N–H and O–H groups in total. The van der Waals surface area contributed by atoms with Crippen LogP contribution in [0.2, 0.25) is 0 Å². The van der Waals surface area contributed by atoms with Gasteiger partial charge in [0.05, 0.1) is 25.9 Å². The van der Waals surface area contributed by atoms with Crippen molar-refractivity contribution in [3.63, 3.8) is 0 Å². The maximum Gasteiger partial charge on any atom is 0.407 e. The molecule has 0 aliphatic heterocycles. The van der Waals surface area contributed by atoms with Crippen molar-refractivity contribution in [3.8, 4) is 17.0 Å².